The average molecular weight is 499 g/mol. The van der Waals surface area contributed by atoms with Crippen molar-refractivity contribution in [3.8, 4) is 0 Å². The Balaban J connectivity index is 0.000000213. The number of para-hydroxylation sites is 2. The van der Waals surface area contributed by atoms with E-state index in [1.54, 1.807) is 6.33 Å². The summed E-state index contributed by atoms with van der Waals surface area (Å²) >= 11 is 5.30. The van der Waals surface area contributed by atoms with Crippen LogP contribution in [-0.4, -0.2) is 9.97 Å². The number of rotatable bonds is 0. The van der Waals surface area contributed by atoms with Gasteiger partial charge in [-0.3, -0.25) is 0 Å². The Morgan fingerprint density at radius 2 is 1.92 bits per heavy atom. The first kappa shape index (κ1) is 11.0. The summed E-state index contributed by atoms with van der Waals surface area (Å²) in [7, 11) is 0. The number of nitrogens with zero attached hydrogens (tertiary/aromatic N) is 1. The van der Waals surface area contributed by atoms with Crippen LogP contribution >= 0.6 is 37.2 Å². The Bertz CT molecular complexity index is 304. The maximum Gasteiger partial charge on any atom is 0.0931 e. The first-order valence-corrected chi connectivity index (χ1v) is 15.7. The predicted octanol–water partition coefficient (Wildman–Crippen LogP) is 0.338. The minimum Gasteiger partial charge on any atom is -0.345 e. The fourth-order valence-corrected chi connectivity index (χ4v) is 0.880. The summed E-state index contributed by atoms with van der Waals surface area (Å²) in [5.41, 5.74) is 2.12. The number of H-pyrrole nitrogens is 1. The number of aromatic amines is 1. The number of fused-ring (bicyclic) bond motifs is 1. The molecule has 1 aromatic carbocycles. The van der Waals surface area contributed by atoms with Crippen molar-refractivity contribution in [1.29, 1.82) is 0 Å². The maximum absolute atomic E-state index is 4.06. The molecule has 0 saturated carbocycles. The molecule has 1 aromatic heterocycles. The van der Waals surface area contributed by atoms with Crippen molar-refractivity contribution in [3.63, 3.8) is 0 Å². The van der Waals surface area contributed by atoms with E-state index in [1.807, 2.05) is 24.3 Å². The summed E-state index contributed by atoms with van der Waals surface area (Å²) in [4.78, 5) is 7.07. The normalized spacial score (nSPS) is 9.50. The number of hydrogen-bond donors (Lipinski definition) is 1. The van der Waals surface area contributed by atoms with Crippen LogP contribution in [0.4, 0.5) is 0 Å². The average Bonchev–Trinajstić information content (AvgIpc) is 2.52. The molecule has 0 aliphatic rings. The van der Waals surface area contributed by atoms with Crippen molar-refractivity contribution in [2.45, 2.75) is 0 Å². The van der Waals surface area contributed by atoms with Crippen molar-refractivity contribution < 1.29 is 13.3 Å². The van der Waals surface area contributed by atoms with Crippen molar-refractivity contribution in [3.05, 3.63) is 30.6 Å². The van der Waals surface area contributed by atoms with E-state index in [-0.39, 0.29) is 0 Å². The van der Waals surface area contributed by atoms with Gasteiger partial charge in [-0.25, -0.2) is 4.98 Å². The van der Waals surface area contributed by atoms with Gasteiger partial charge in [-0.15, -0.1) is 0 Å². The molecule has 1 N–H and O–H groups in total. The van der Waals surface area contributed by atoms with E-state index in [0.29, 0.717) is 13.3 Å². The van der Waals surface area contributed by atoms with E-state index in [4.69, 9.17) is 0 Å². The van der Waals surface area contributed by atoms with Crippen LogP contribution in [0.1, 0.15) is 0 Å². The van der Waals surface area contributed by atoms with Crippen LogP contribution in [0.15, 0.2) is 30.6 Å². The number of hydrogen-bond acceptors (Lipinski definition) is 1. The Morgan fingerprint density at radius 1 is 1.25 bits per heavy atom. The van der Waals surface area contributed by atoms with Gasteiger partial charge in [0.15, 0.2) is 0 Å². The summed E-state index contributed by atoms with van der Waals surface area (Å²) < 4.78 is 0. The van der Waals surface area contributed by atoms with Gasteiger partial charge in [0, 0.05) is 0 Å². The third-order valence-electron chi connectivity index (χ3n) is 1.33. The molecule has 2 nitrogen and oxygen atoms in total. The molecule has 0 saturated heterocycles. The Hall–Kier alpha value is 0.880. The zero-order chi connectivity index (χ0) is 8.81. The first-order chi connectivity index (χ1) is 5.88. The number of imidazole rings is 1. The standard InChI is InChI=1S/C7H6N2.I3/c1-2-4-7-6(3-1)8-5-9-7;1-3-2/h1-5H,(H,8,9);/q;-1. The Labute approximate surface area is 101 Å². The third-order valence-corrected chi connectivity index (χ3v) is 1.33. The summed E-state index contributed by atoms with van der Waals surface area (Å²) in [5.74, 6) is 0. The Kier molecular flexibility index (Phi) is 5.80. The molecule has 0 radical (unpaired) electrons. The molecule has 0 fully saturated rings. The smallest absolute Gasteiger partial charge is 0.0931 e. The minimum atomic E-state index is 0.530. The number of benzene rings is 1. The van der Waals surface area contributed by atoms with Gasteiger partial charge in [-0.05, 0) is 12.1 Å². The molecule has 0 amide bonds. The molecular formula is C7H6I3N2-. The molecule has 0 aliphatic heterocycles. The second kappa shape index (κ2) is 6.35. The Morgan fingerprint density at radius 3 is 2.58 bits per heavy atom. The van der Waals surface area contributed by atoms with Crippen molar-refractivity contribution >= 4 is 48.3 Å². The van der Waals surface area contributed by atoms with E-state index in [0.717, 1.165) is 11.0 Å². The van der Waals surface area contributed by atoms with Gasteiger partial charge in [0.25, 0.3) is 0 Å². The molecule has 5 heteroatoms. The van der Waals surface area contributed by atoms with Gasteiger partial charge < -0.3 is 4.98 Å². The second-order valence-corrected chi connectivity index (χ2v) is 18.2. The number of halogens is 3. The molecule has 0 aliphatic carbocycles. The van der Waals surface area contributed by atoms with Gasteiger partial charge >= 0.3 is 50.5 Å². The summed E-state index contributed by atoms with van der Waals surface area (Å²) in [5, 5.41) is 0. The molecule has 0 unspecified atom stereocenters. The molecule has 0 bridgehead atoms. The fraction of sp³-hybridized carbons (Fsp3) is 0. The largest absolute Gasteiger partial charge is 0.345 e. The molecule has 2 aromatic rings. The zero-order valence-electron chi connectivity index (χ0n) is 5.97. The SMILES string of the molecule is I[I-]I.c1ccc2[nH]cnc2c1. The fourth-order valence-electron chi connectivity index (χ4n) is 0.880. The molecule has 66 valence electrons. The van der Waals surface area contributed by atoms with E-state index >= 15 is 0 Å². The summed E-state index contributed by atoms with van der Waals surface area (Å²) in [6.45, 7) is 0. The molecule has 2 rings (SSSR count). The van der Waals surface area contributed by atoms with Crippen LogP contribution < -0.4 is 13.3 Å². The molecular weight excluding hydrogens is 493 g/mol. The summed E-state index contributed by atoms with van der Waals surface area (Å²) in [6, 6.07) is 7.94. The summed E-state index contributed by atoms with van der Waals surface area (Å²) in [6.07, 6.45) is 1.70. The number of nitrogens with one attached hydrogen (secondary N) is 1. The van der Waals surface area contributed by atoms with Gasteiger partial charge in [0.05, 0.1) is 17.4 Å². The predicted molar refractivity (Wildman–Crippen MR) is 64.1 cm³/mol. The van der Waals surface area contributed by atoms with Crippen molar-refractivity contribution in [2.75, 3.05) is 0 Å². The van der Waals surface area contributed by atoms with E-state index in [1.165, 1.54) is 0 Å². The van der Waals surface area contributed by atoms with Gasteiger partial charge in [0.1, 0.15) is 0 Å². The molecule has 0 spiro atoms. The van der Waals surface area contributed by atoms with E-state index in [9.17, 15) is 0 Å². The molecule has 1 heterocycles. The number of aromatic nitrogens is 2. The maximum atomic E-state index is 4.06. The van der Waals surface area contributed by atoms with Crippen molar-refractivity contribution in [1.82, 2.24) is 9.97 Å². The topological polar surface area (TPSA) is 28.7 Å². The minimum absolute atomic E-state index is 0.530. The monoisotopic (exact) mass is 499 g/mol. The van der Waals surface area contributed by atoms with Crippen LogP contribution in [0.2, 0.25) is 0 Å². The van der Waals surface area contributed by atoms with Crippen LogP contribution in [0, 0.1) is 0 Å². The third kappa shape index (κ3) is 3.32. The molecule has 12 heavy (non-hydrogen) atoms. The van der Waals surface area contributed by atoms with Gasteiger partial charge in [-0.2, -0.15) is 0 Å². The van der Waals surface area contributed by atoms with E-state index < -0.39 is 0 Å². The van der Waals surface area contributed by atoms with E-state index in [2.05, 4.69) is 47.2 Å². The van der Waals surface area contributed by atoms with Crippen LogP contribution in [0.25, 0.3) is 11.0 Å². The first-order valence-electron chi connectivity index (χ1n) is 3.13. The quantitative estimate of drug-likeness (QED) is 0.522. The van der Waals surface area contributed by atoms with Gasteiger partial charge in [0.2, 0.25) is 0 Å². The van der Waals surface area contributed by atoms with Crippen molar-refractivity contribution in [2.24, 2.45) is 0 Å². The molecule has 0 atom stereocenters. The van der Waals surface area contributed by atoms with Crippen LogP contribution in [0.3, 0.4) is 0 Å². The van der Waals surface area contributed by atoms with Crippen LogP contribution in [-0.2, 0) is 0 Å². The van der Waals surface area contributed by atoms with Crippen LogP contribution in [0.5, 0.6) is 0 Å². The van der Waals surface area contributed by atoms with Gasteiger partial charge in [-0.1, -0.05) is 12.1 Å². The zero-order valence-corrected chi connectivity index (χ0v) is 12.4. The second-order valence-electron chi connectivity index (χ2n) is 1.97.